The number of primary amides is 1. The van der Waals surface area contributed by atoms with Crippen molar-refractivity contribution in [2.75, 3.05) is 0 Å². The van der Waals surface area contributed by atoms with E-state index in [1.54, 1.807) is 16.9 Å². The highest BCUT2D eigenvalue weighted by molar-refractivity contribution is 5.90. The lowest BCUT2D eigenvalue weighted by molar-refractivity contribution is 0.0994. The average molecular weight is 232 g/mol. The van der Waals surface area contributed by atoms with E-state index in [9.17, 15) is 9.18 Å². The summed E-state index contributed by atoms with van der Waals surface area (Å²) in [6.07, 6.45) is 2.19. The number of rotatable bonds is 4. The van der Waals surface area contributed by atoms with Crippen LogP contribution in [0.4, 0.5) is 4.39 Å². The van der Waals surface area contributed by atoms with E-state index >= 15 is 0 Å². The van der Waals surface area contributed by atoms with E-state index in [1.165, 1.54) is 12.1 Å². The zero-order valence-electron chi connectivity index (χ0n) is 9.06. The maximum atomic E-state index is 12.9. The number of aromatic nitrogens is 2. The summed E-state index contributed by atoms with van der Waals surface area (Å²) in [6, 6.07) is 9.03. The Balaban J connectivity index is 2.00. The van der Waals surface area contributed by atoms with Crippen LogP contribution in [0.15, 0.2) is 30.5 Å². The third kappa shape index (κ3) is 2.90. The summed E-state index contributed by atoms with van der Waals surface area (Å²) in [5.41, 5.74) is 6.05. The predicted octanol–water partition coefficient (Wildman–Crippen LogP) is 1.16. The molecule has 0 saturated carbocycles. The highest BCUT2D eigenvalue weighted by atomic mass is 19.1. The van der Waals surface area contributed by atoms with E-state index in [0.717, 1.165) is 5.56 Å². The molecule has 0 aliphatic rings. The van der Waals surface area contributed by atoms with Gasteiger partial charge in [-0.3, -0.25) is 9.48 Å². The fraction of sp³-hybridized carbons (Fsp3) is 0.167. The van der Waals surface area contributed by atoms with Gasteiger partial charge in [-0.2, -0.15) is 5.10 Å². The first-order valence-corrected chi connectivity index (χ1v) is 5.14. The molecule has 2 rings (SSSR count). The summed E-state index contributed by atoms with van der Waals surface area (Å²) in [7, 11) is 0. The first-order valence-electron chi connectivity index (χ1n) is 5.14. The van der Waals surface area contributed by atoms with E-state index in [0.29, 0.717) is 13.0 Å². The summed E-state index contributed by atoms with van der Waals surface area (Å²) in [6.45, 7) is 0.549. The molecular weight excluding hydrogens is 221 g/mol. The van der Waals surface area contributed by atoms with Gasteiger partial charge in [-0.15, -0.1) is 0 Å². The molecule has 2 aromatic rings. The SMILES string of the molecule is NC(=O)c1[c]cn(CCc2cccc(F)c2)n1. The van der Waals surface area contributed by atoms with Crippen LogP contribution >= 0.6 is 0 Å². The van der Waals surface area contributed by atoms with E-state index in [1.807, 2.05) is 6.07 Å². The standard InChI is InChI=1S/C12H11FN3O/c13-10-3-1-2-9(8-10)4-6-16-7-5-11(15-16)12(14)17/h1-3,7-8H,4,6H2,(H2,14,17). The molecule has 1 aromatic carbocycles. The fourth-order valence-electron chi connectivity index (χ4n) is 1.49. The molecule has 0 aliphatic heterocycles. The van der Waals surface area contributed by atoms with Gasteiger partial charge < -0.3 is 5.73 Å². The Kier molecular flexibility index (Phi) is 3.18. The Morgan fingerprint density at radius 2 is 2.35 bits per heavy atom. The summed E-state index contributed by atoms with van der Waals surface area (Å²) in [5, 5.41) is 3.94. The molecule has 0 fully saturated rings. The Hall–Kier alpha value is -2.17. The third-order valence-corrected chi connectivity index (χ3v) is 2.33. The summed E-state index contributed by atoms with van der Waals surface area (Å²) in [4.78, 5) is 10.8. The van der Waals surface area contributed by atoms with Crippen LogP contribution in [0.5, 0.6) is 0 Å². The summed E-state index contributed by atoms with van der Waals surface area (Å²) in [5.74, 6) is -0.859. The molecule has 2 N–H and O–H groups in total. The number of nitrogens with two attached hydrogens (primary N) is 1. The van der Waals surface area contributed by atoms with Crippen LogP contribution in [0, 0.1) is 11.9 Å². The third-order valence-electron chi connectivity index (χ3n) is 2.33. The molecule has 0 spiro atoms. The van der Waals surface area contributed by atoms with Crippen LogP contribution in [0.3, 0.4) is 0 Å². The maximum absolute atomic E-state index is 12.9. The minimum absolute atomic E-state index is 0.115. The number of nitrogens with zero attached hydrogens (tertiary/aromatic N) is 2. The van der Waals surface area contributed by atoms with Gasteiger partial charge in [-0.25, -0.2) is 4.39 Å². The molecule has 1 aromatic heterocycles. The fourth-order valence-corrected chi connectivity index (χ4v) is 1.49. The van der Waals surface area contributed by atoms with Crippen LogP contribution in [0.1, 0.15) is 16.1 Å². The summed E-state index contributed by atoms with van der Waals surface area (Å²) >= 11 is 0. The molecule has 0 atom stereocenters. The second-order valence-corrected chi connectivity index (χ2v) is 3.63. The summed E-state index contributed by atoms with van der Waals surface area (Å²) < 4.78 is 14.5. The van der Waals surface area contributed by atoms with E-state index in [2.05, 4.69) is 11.2 Å². The lowest BCUT2D eigenvalue weighted by Crippen LogP contribution is -2.13. The molecule has 87 valence electrons. The second-order valence-electron chi connectivity index (χ2n) is 3.63. The van der Waals surface area contributed by atoms with Crippen molar-refractivity contribution in [2.45, 2.75) is 13.0 Å². The van der Waals surface area contributed by atoms with Crippen molar-refractivity contribution in [3.8, 4) is 0 Å². The molecule has 1 amide bonds. The number of aryl methyl sites for hydroxylation is 2. The van der Waals surface area contributed by atoms with Crippen LogP contribution in [-0.4, -0.2) is 15.7 Å². The van der Waals surface area contributed by atoms with Crippen molar-refractivity contribution in [3.63, 3.8) is 0 Å². The van der Waals surface area contributed by atoms with Crippen LogP contribution in [-0.2, 0) is 13.0 Å². The lowest BCUT2D eigenvalue weighted by atomic mass is 10.1. The topological polar surface area (TPSA) is 60.9 Å². The monoisotopic (exact) mass is 232 g/mol. The Morgan fingerprint density at radius 1 is 1.53 bits per heavy atom. The number of carbonyl (C=O) groups is 1. The van der Waals surface area contributed by atoms with Gasteiger partial charge in [0.05, 0.1) is 0 Å². The molecule has 0 bridgehead atoms. The molecule has 0 saturated heterocycles. The van der Waals surface area contributed by atoms with Crippen LogP contribution in [0.25, 0.3) is 0 Å². The lowest BCUT2D eigenvalue weighted by Gasteiger charge is -2.02. The molecule has 1 heterocycles. The number of amides is 1. The van der Waals surface area contributed by atoms with Crippen molar-refractivity contribution in [2.24, 2.45) is 5.73 Å². The van der Waals surface area contributed by atoms with Gasteiger partial charge in [0.25, 0.3) is 5.91 Å². The smallest absolute Gasteiger partial charge is 0.269 e. The zero-order valence-corrected chi connectivity index (χ0v) is 9.06. The first-order chi connectivity index (χ1) is 8.15. The predicted molar refractivity (Wildman–Crippen MR) is 59.7 cm³/mol. The normalized spacial score (nSPS) is 10.4. The zero-order chi connectivity index (χ0) is 12.3. The van der Waals surface area contributed by atoms with Gasteiger partial charge in [-0.05, 0) is 24.1 Å². The first kappa shape index (κ1) is 11.3. The maximum Gasteiger partial charge on any atom is 0.269 e. The van der Waals surface area contributed by atoms with Crippen LogP contribution in [0.2, 0.25) is 0 Å². The minimum Gasteiger partial charge on any atom is -0.364 e. The number of carbonyl (C=O) groups excluding carboxylic acids is 1. The highest BCUT2D eigenvalue weighted by Gasteiger charge is 2.05. The largest absolute Gasteiger partial charge is 0.364 e. The van der Waals surface area contributed by atoms with Crippen molar-refractivity contribution in [3.05, 3.63) is 53.6 Å². The van der Waals surface area contributed by atoms with Crippen LogP contribution < -0.4 is 5.73 Å². The average Bonchev–Trinajstić information content (AvgIpc) is 2.75. The molecule has 5 heteroatoms. The van der Waals surface area contributed by atoms with E-state index in [4.69, 9.17) is 5.73 Å². The van der Waals surface area contributed by atoms with Gasteiger partial charge >= 0.3 is 0 Å². The molecule has 1 radical (unpaired) electrons. The molecular formula is C12H11FN3O. The van der Waals surface area contributed by atoms with Gasteiger partial charge in [0, 0.05) is 18.8 Å². The molecule has 0 unspecified atom stereocenters. The van der Waals surface area contributed by atoms with Crippen molar-refractivity contribution < 1.29 is 9.18 Å². The highest BCUT2D eigenvalue weighted by Crippen LogP contribution is 2.05. The molecule has 17 heavy (non-hydrogen) atoms. The van der Waals surface area contributed by atoms with Crippen molar-refractivity contribution in [1.82, 2.24) is 9.78 Å². The van der Waals surface area contributed by atoms with Gasteiger partial charge in [0.1, 0.15) is 5.82 Å². The molecule has 0 aliphatic carbocycles. The Bertz CT molecular complexity index is 536. The number of halogens is 1. The number of benzene rings is 1. The number of hydrogen-bond donors (Lipinski definition) is 1. The van der Waals surface area contributed by atoms with Gasteiger partial charge in [0.15, 0.2) is 5.69 Å². The van der Waals surface area contributed by atoms with Gasteiger partial charge in [0.2, 0.25) is 0 Å². The Labute approximate surface area is 97.9 Å². The quantitative estimate of drug-likeness (QED) is 0.860. The number of hydrogen-bond acceptors (Lipinski definition) is 2. The Morgan fingerprint density at radius 3 is 3.00 bits per heavy atom. The van der Waals surface area contributed by atoms with Crippen molar-refractivity contribution >= 4 is 5.91 Å². The van der Waals surface area contributed by atoms with Gasteiger partial charge in [-0.1, -0.05) is 12.1 Å². The van der Waals surface area contributed by atoms with Crippen molar-refractivity contribution in [1.29, 1.82) is 0 Å². The van der Waals surface area contributed by atoms with E-state index in [-0.39, 0.29) is 11.5 Å². The second kappa shape index (κ2) is 4.78. The van der Waals surface area contributed by atoms with E-state index < -0.39 is 5.91 Å². The minimum atomic E-state index is -0.602. The molecule has 4 nitrogen and oxygen atoms in total.